The molecule has 9 atom stereocenters. The van der Waals surface area contributed by atoms with E-state index in [9.17, 15) is 39.1 Å². The van der Waals surface area contributed by atoms with Crippen molar-refractivity contribution < 1.29 is 58.0 Å². The number of rotatable bonds is 10. The van der Waals surface area contributed by atoms with Gasteiger partial charge in [-0.05, 0) is 18.8 Å². The van der Waals surface area contributed by atoms with Gasteiger partial charge in [-0.1, -0.05) is 0 Å². The third-order valence-corrected chi connectivity index (χ3v) is 5.05. The lowest BCUT2D eigenvalue weighted by atomic mass is 9.84. The van der Waals surface area contributed by atoms with Crippen LogP contribution in [0.4, 0.5) is 0 Å². The second-order valence-corrected chi connectivity index (χ2v) is 7.46. The van der Waals surface area contributed by atoms with Gasteiger partial charge in [-0.3, -0.25) is 4.55 Å². The maximum Gasteiger partial charge on any atom is 0.397 e. The molecule has 0 saturated heterocycles. The van der Waals surface area contributed by atoms with Crippen LogP contribution in [0.15, 0.2) is 0 Å². The zero-order valence-corrected chi connectivity index (χ0v) is 14.5. The van der Waals surface area contributed by atoms with Crippen molar-refractivity contribution in [1.29, 1.82) is 0 Å². The number of aliphatic hydroxyl groups excluding tert-OH is 8. The number of hydrogen-bond acceptors (Lipinski definition) is 11. The molecule has 1 rings (SSSR count). The summed E-state index contributed by atoms with van der Waals surface area (Å²) in [4.78, 5) is 0. The molecule has 156 valence electrons. The fourth-order valence-electron chi connectivity index (χ4n) is 3.32. The molecule has 0 heterocycles. The van der Waals surface area contributed by atoms with E-state index in [4.69, 9.17) is 14.8 Å². The van der Waals surface area contributed by atoms with Crippen molar-refractivity contribution in [2.45, 2.75) is 55.6 Å². The predicted molar refractivity (Wildman–Crippen MR) is 82.8 cm³/mol. The van der Waals surface area contributed by atoms with E-state index in [2.05, 4.69) is 4.18 Å². The van der Waals surface area contributed by atoms with Crippen molar-refractivity contribution in [2.75, 3.05) is 13.2 Å². The highest BCUT2D eigenvalue weighted by Gasteiger charge is 2.47. The molecule has 0 spiro atoms. The monoisotopic (exact) mass is 406 g/mol. The SMILES string of the molecule is O=S(=O)(O)O[C@@H]([C@H](O)[C@H](O)CO)[C@@H](O)C[C@@H]1C[C@H](O)[C@H](O)[C@H]1[C@H](O)CO. The number of hydrogen-bond donors (Lipinski definition) is 9. The lowest BCUT2D eigenvalue weighted by Crippen LogP contribution is -2.49. The summed E-state index contributed by atoms with van der Waals surface area (Å²) in [7, 11) is -5.15. The molecular formula is C13H26O12S. The smallest absolute Gasteiger partial charge is 0.394 e. The fourth-order valence-corrected chi connectivity index (χ4v) is 3.84. The van der Waals surface area contributed by atoms with E-state index in [1.807, 2.05) is 0 Å². The molecule has 0 aromatic rings. The first kappa shape index (κ1) is 23.6. The molecule has 13 heteroatoms. The molecule has 9 N–H and O–H groups in total. The minimum atomic E-state index is -5.15. The molecule has 26 heavy (non-hydrogen) atoms. The van der Waals surface area contributed by atoms with Gasteiger partial charge in [0.25, 0.3) is 0 Å². The highest BCUT2D eigenvalue weighted by atomic mass is 32.3. The summed E-state index contributed by atoms with van der Waals surface area (Å²) in [5.41, 5.74) is 0. The van der Waals surface area contributed by atoms with Crippen LogP contribution in [-0.4, -0.2) is 110 Å². The predicted octanol–water partition coefficient (Wildman–Crippen LogP) is -4.65. The van der Waals surface area contributed by atoms with Crippen LogP contribution in [0.1, 0.15) is 12.8 Å². The highest BCUT2D eigenvalue weighted by molar-refractivity contribution is 7.80. The van der Waals surface area contributed by atoms with Crippen molar-refractivity contribution in [3.05, 3.63) is 0 Å². The van der Waals surface area contributed by atoms with Crippen molar-refractivity contribution in [3.63, 3.8) is 0 Å². The Morgan fingerprint density at radius 2 is 1.58 bits per heavy atom. The summed E-state index contributed by atoms with van der Waals surface area (Å²) in [6.45, 7) is -1.73. The maximum absolute atomic E-state index is 10.9. The quantitative estimate of drug-likeness (QED) is 0.156. The first-order chi connectivity index (χ1) is 11.9. The molecular weight excluding hydrogens is 380 g/mol. The van der Waals surface area contributed by atoms with Crippen LogP contribution in [0, 0.1) is 11.8 Å². The molecule has 1 aliphatic carbocycles. The van der Waals surface area contributed by atoms with Crippen molar-refractivity contribution in [1.82, 2.24) is 0 Å². The molecule has 0 radical (unpaired) electrons. The van der Waals surface area contributed by atoms with Gasteiger partial charge in [-0.25, -0.2) is 4.18 Å². The Morgan fingerprint density at radius 3 is 2.04 bits per heavy atom. The Kier molecular flexibility index (Phi) is 8.76. The zero-order chi connectivity index (χ0) is 20.2. The fraction of sp³-hybridized carbons (Fsp3) is 1.00. The Balaban J connectivity index is 2.98. The van der Waals surface area contributed by atoms with Crippen LogP contribution in [0.3, 0.4) is 0 Å². The van der Waals surface area contributed by atoms with Gasteiger partial charge in [-0.2, -0.15) is 8.42 Å². The van der Waals surface area contributed by atoms with Gasteiger partial charge in [0.15, 0.2) is 0 Å². The van der Waals surface area contributed by atoms with Gasteiger partial charge >= 0.3 is 10.4 Å². The summed E-state index contributed by atoms with van der Waals surface area (Å²) in [5, 5.41) is 76.9. The van der Waals surface area contributed by atoms with Crippen LogP contribution >= 0.6 is 0 Å². The minimum absolute atomic E-state index is 0.114. The molecule has 0 unspecified atom stereocenters. The second-order valence-electron chi connectivity index (χ2n) is 6.41. The lowest BCUT2D eigenvalue weighted by Gasteiger charge is -2.32. The first-order valence-corrected chi connectivity index (χ1v) is 9.25. The molecule has 0 aromatic carbocycles. The second kappa shape index (κ2) is 9.66. The van der Waals surface area contributed by atoms with Crippen molar-refractivity contribution >= 4 is 10.4 Å². The van der Waals surface area contributed by atoms with Crippen LogP contribution < -0.4 is 0 Å². The summed E-state index contributed by atoms with van der Waals surface area (Å²) >= 11 is 0. The van der Waals surface area contributed by atoms with Gasteiger partial charge in [0, 0.05) is 5.92 Å². The van der Waals surface area contributed by atoms with E-state index >= 15 is 0 Å². The van der Waals surface area contributed by atoms with Crippen LogP contribution in [-0.2, 0) is 14.6 Å². The Hall–Kier alpha value is -0.450. The Morgan fingerprint density at radius 1 is 1.00 bits per heavy atom. The van der Waals surface area contributed by atoms with E-state index in [0.29, 0.717) is 0 Å². The first-order valence-electron chi connectivity index (χ1n) is 7.88. The average Bonchev–Trinajstić information content (AvgIpc) is 2.83. The molecule has 12 nitrogen and oxygen atoms in total. The summed E-state index contributed by atoms with van der Waals surface area (Å²) in [6.07, 6.45) is -12.6. The highest BCUT2D eigenvalue weighted by Crippen LogP contribution is 2.38. The summed E-state index contributed by atoms with van der Waals surface area (Å²) in [6, 6.07) is 0. The molecule has 0 bridgehead atoms. The zero-order valence-electron chi connectivity index (χ0n) is 13.7. The van der Waals surface area contributed by atoms with E-state index in [-0.39, 0.29) is 6.42 Å². The van der Waals surface area contributed by atoms with Crippen LogP contribution in [0.5, 0.6) is 0 Å². The largest absolute Gasteiger partial charge is 0.397 e. The topological polar surface area (TPSA) is 225 Å². The summed E-state index contributed by atoms with van der Waals surface area (Å²) < 4.78 is 34.9. The van der Waals surface area contributed by atoms with Crippen molar-refractivity contribution in [2.24, 2.45) is 11.8 Å². The van der Waals surface area contributed by atoms with Gasteiger partial charge in [0.05, 0.1) is 37.6 Å². The van der Waals surface area contributed by atoms with Crippen LogP contribution in [0.25, 0.3) is 0 Å². The molecule has 0 aliphatic heterocycles. The lowest BCUT2D eigenvalue weighted by molar-refractivity contribution is -0.112. The molecule has 0 amide bonds. The molecule has 1 saturated carbocycles. The Labute approximate surface area is 149 Å². The minimum Gasteiger partial charge on any atom is -0.394 e. The van der Waals surface area contributed by atoms with Crippen LogP contribution in [0.2, 0.25) is 0 Å². The van der Waals surface area contributed by atoms with E-state index in [0.717, 1.165) is 0 Å². The van der Waals surface area contributed by atoms with E-state index < -0.39 is 84.6 Å². The van der Waals surface area contributed by atoms with E-state index in [1.54, 1.807) is 0 Å². The standard InChI is InChI=1S/C13H26O12S/c14-3-8(18)10-5(1-6(16)11(10)20)2-7(17)13(25-26(22,23)24)12(21)9(19)4-15/h5-21H,1-4H2,(H,22,23,24)/t5-,6-,7-,8+,9+,10+,11-,12+,13+/m0/s1. The Bertz CT molecular complexity index is 527. The normalized spacial score (nSPS) is 32.8. The van der Waals surface area contributed by atoms with Gasteiger partial charge in [0.2, 0.25) is 0 Å². The molecule has 1 fully saturated rings. The third kappa shape index (κ3) is 6.03. The van der Waals surface area contributed by atoms with Gasteiger partial charge in [0.1, 0.15) is 18.3 Å². The molecule has 0 aromatic heterocycles. The summed E-state index contributed by atoms with van der Waals surface area (Å²) in [5.74, 6) is -1.88. The van der Waals surface area contributed by atoms with E-state index in [1.165, 1.54) is 0 Å². The average molecular weight is 406 g/mol. The maximum atomic E-state index is 10.9. The van der Waals surface area contributed by atoms with Crippen molar-refractivity contribution in [3.8, 4) is 0 Å². The molecule has 1 aliphatic rings. The number of aliphatic hydroxyl groups is 8. The van der Waals surface area contributed by atoms with Gasteiger partial charge < -0.3 is 40.9 Å². The van der Waals surface area contributed by atoms with Gasteiger partial charge in [-0.15, -0.1) is 0 Å². The third-order valence-electron chi connectivity index (χ3n) is 4.58.